The summed E-state index contributed by atoms with van der Waals surface area (Å²) in [6, 6.07) is 13.8. The normalized spacial score (nSPS) is 16.2. The van der Waals surface area contributed by atoms with E-state index in [9.17, 15) is 9.59 Å². The van der Waals surface area contributed by atoms with Gasteiger partial charge in [0.15, 0.2) is 0 Å². The van der Waals surface area contributed by atoms with Crippen molar-refractivity contribution in [1.82, 2.24) is 9.80 Å². The zero-order valence-corrected chi connectivity index (χ0v) is 14.4. The van der Waals surface area contributed by atoms with Gasteiger partial charge in [-0.25, -0.2) is 0 Å². The number of carbonyl (C=O) groups is 2. The molecule has 4 heteroatoms. The Labute approximate surface area is 143 Å². The lowest BCUT2D eigenvalue weighted by molar-refractivity contribution is -0.136. The van der Waals surface area contributed by atoms with E-state index < -0.39 is 0 Å². The van der Waals surface area contributed by atoms with Gasteiger partial charge in [-0.3, -0.25) is 9.59 Å². The lowest BCUT2D eigenvalue weighted by atomic mass is 10.0. The zero-order chi connectivity index (χ0) is 17.1. The number of hydrogen-bond donors (Lipinski definition) is 0. The number of carbonyl (C=O) groups excluding carboxylic acids is 2. The van der Waals surface area contributed by atoms with Crippen molar-refractivity contribution in [1.29, 1.82) is 0 Å². The minimum absolute atomic E-state index is 0.0578. The average Bonchev–Trinajstić information content (AvgIpc) is 2.66. The lowest BCUT2D eigenvalue weighted by Gasteiger charge is -2.36. The molecule has 1 fully saturated rings. The average molecular weight is 324 g/mol. The molecule has 1 unspecified atom stereocenters. The van der Waals surface area contributed by atoms with Gasteiger partial charge in [0, 0.05) is 37.7 Å². The first-order valence-corrected chi connectivity index (χ1v) is 8.67. The van der Waals surface area contributed by atoms with E-state index in [4.69, 9.17) is 0 Å². The Kier molecular flexibility index (Phi) is 4.84. The maximum absolute atomic E-state index is 12.9. The molecule has 0 aliphatic carbocycles. The minimum Gasteiger partial charge on any atom is -0.339 e. The fourth-order valence-corrected chi connectivity index (χ4v) is 3.20. The van der Waals surface area contributed by atoms with Gasteiger partial charge in [0.25, 0.3) is 5.91 Å². The summed E-state index contributed by atoms with van der Waals surface area (Å²) >= 11 is 0. The summed E-state index contributed by atoms with van der Waals surface area (Å²) < 4.78 is 0. The molecule has 0 N–H and O–H groups in total. The van der Waals surface area contributed by atoms with Crippen LogP contribution in [0, 0.1) is 5.92 Å². The molecule has 0 radical (unpaired) electrons. The van der Waals surface area contributed by atoms with Crippen LogP contribution in [0.3, 0.4) is 0 Å². The van der Waals surface area contributed by atoms with Crippen molar-refractivity contribution in [3.05, 3.63) is 48.0 Å². The molecule has 3 rings (SSSR count). The Bertz CT molecular complexity index is 743. The third-order valence-corrected chi connectivity index (χ3v) is 4.93. The van der Waals surface area contributed by atoms with Crippen molar-refractivity contribution in [2.45, 2.75) is 20.3 Å². The minimum atomic E-state index is 0.0578. The number of nitrogens with zero attached hydrogens (tertiary/aromatic N) is 2. The van der Waals surface area contributed by atoms with Gasteiger partial charge in [0.05, 0.1) is 0 Å². The Morgan fingerprint density at radius 1 is 0.958 bits per heavy atom. The zero-order valence-electron chi connectivity index (χ0n) is 14.4. The maximum Gasteiger partial charge on any atom is 0.254 e. The molecule has 0 aromatic heterocycles. The van der Waals surface area contributed by atoms with Crippen molar-refractivity contribution >= 4 is 22.6 Å². The van der Waals surface area contributed by atoms with E-state index in [0.29, 0.717) is 26.2 Å². The Balaban J connectivity index is 1.72. The van der Waals surface area contributed by atoms with Crippen LogP contribution >= 0.6 is 0 Å². The predicted octanol–water partition coefficient (Wildman–Crippen LogP) is 3.17. The summed E-state index contributed by atoms with van der Waals surface area (Å²) in [5.74, 6) is 0.322. The molecule has 1 atom stereocenters. The molecule has 0 saturated carbocycles. The number of amides is 2. The van der Waals surface area contributed by atoms with Crippen LogP contribution in [-0.4, -0.2) is 47.8 Å². The van der Waals surface area contributed by atoms with Gasteiger partial charge in [-0.15, -0.1) is 0 Å². The monoisotopic (exact) mass is 324 g/mol. The van der Waals surface area contributed by atoms with Gasteiger partial charge in [0.2, 0.25) is 5.91 Å². The fourth-order valence-electron chi connectivity index (χ4n) is 3.20. The van der Waals surface area contributed by atoms with Crippen molar-refractivity contribution in [3.63, 3.8) is 0 Å². The molecule has 2 amide bonds. The second-order valence-corrected chi connectivity index (χ2v) is 6.45. The Hall–Kier alpha value is -2.36. The highest BCUT2D eigenvalue weighted by Crippen LogP contribution is 2.21. The van der Waals surface area contributed by atoms with Crippen molar-refractivity contribution in [2.24, 2.45) is 5.92 Å². The van der Waals surface area contributed by atoms with Crippen LogP contribution in [0.15, 0.2) is 42.5 Å². The molecule has 2 aromatic rings. The number of hydrogen-bond acceptors (Lipinski definition) is 2. The summed E-state index contributed by atoms with van der Waals surface area (Å²) in [7, 11) is 0. The molecule has 1 aliphatic rings. The van der Waals surface area contributed by atoms with E-state index in [1.54, 1.807) is 0 Å². The van der Waals surface area contributed by atoms with E-state index >= 15 is 0 Å². The van der Waals surface area contributed by atoms with Crippen LogP contribution in [0.25, 0.3) is 10.8 Å². The van der Waals surface area contributed by atoms with E-state index in [-0.39, 0.29) is 17.7 Å². The first kappa shape index (κ1) is 16.5. The molecule has 4 nitrogen and oxygen atoms in total. The first-order chi connectivity index (χ1) is 11.6. The number of fused-ring (bicyclic) bond motifs is 1. The van der Waals surface area contributed by atoms with E-state index in [2.05, 4.69) is 0 Å². The second-order valence-electron chi connectivity index (χ2n) is 6.45. The first-order valence-electron chi connectivity index (χ1n) is 8.67. The maximum atomic E-state index is 12.9. The molecular formula is C20H24N2O2. The van der Waals surface area contributed by atoms with Gasteiger partial charge in [-0.1, -0.05) is 50.2 Å². The van der Waals surface area contributed by atoms with Crippen LogP contribution in [0.4, 0.5) is 0 Å². The second kappa shape index (κ2) is 7.04. The van der Waals surface area contributed by atoms with Crippen LogP contribution in [0.2, 0.25) is 0 Å². The molecule has 1 aliphatic heterocycles. The topological polar surface area (TPSA) is 40.6 Å². The molecule has 24 heavy (non-hydrogen) atoms. The Morgan fingerprint density at radius 3 is 2.29 bits per heavy atom. The Morgan fingerprint density at radius 2 is 1.58 bits per heavy atom. The molecular weight excluding hydrogens is 300 g/mol. The summed E-state index contributed by atoms with van der Waals surface area (Å²) in [6.45, 7) is 6.45. The van der Waals surface area contributed by atoms with Gasteiger partial charge in [-0.2, -0.15) is 0 Å². The third kappa shape index (κ3) is 3.14. The van der Waals surface area contributed by atoms with Crippen LogP contribution in [0.1, 0.15) is 30.6 Å². The fraction of sp³-hybridized carbons (Fsp3) is 0.400. The van der Waals surface area contributed by atoms with Gasteiger partial charge in [-0.05, 0) is 23.3 Å². The lowest BCUT2D eigenvalue weighted by Crippen LogP contribution is -2.51. The van der Waals surface area contributed by atoms with Crippen LogP contribution in [-0.2, 0) is 4.79 Å². The molecule has 126 valence electrons. The van der Waals surface area contributed by atoms with Crippen LogP contribution in [0.5, 0.6) is 0 Å². The standard InChI is InChI=1S/C20H24N2O2/c1-3-15(2)19(23)21-11-13-22(14-12-21)20(24)18-10-6-8-16-7-4-5-9-17(16)18/h4-10,15H,3,11-14H2,1-2H3. The number of piperazine rings is 1. The smallest absolute Gasteiger partial charge is 0.254 e. The molecule has 2 aromatic carbocycles. The summed E-state index contributed by atoms with van der Waals surface area (Å²) in [5.41, 5.74) is 0.745. The van der Waals surface area contributed by atoms with Crippen molar-refractivity contribution in [2.75, 3.05) is 26.2 Å². The molecule has 0 spiro atoms. The molecule has 1 saturated heterocycles. The highest BCUT2D eigenvalue weighted by molar-refractivity contribution is 6.07. The summed E-state index contributed by atoms with van der Waals surface area (Å²) in [6.07, 6.45) is 0.855. The molecule has 0 bridgehead atoms. The van der Waals surface area contributed by atoms with Crippen LogP contribution < -0.4 is 0 Å². The van der Waals surface area contributed by atoms with Gasteiger partial charge < -0.3 is 9.80 Å². The number of benzene rings is 2. The largest absolute Gasteiger partial charge is 0.339 e. The SMILES string of the molecule is CCC(C)C(=O)N1CCN(C(=O)c2cccc3ccccc23)CC1. The quantitative estimate of drug-likeness (QED) is 0.870. The van der Waals surface area contributed by atoms with E-state index in [1.807, 2.05) is 66.1 Å². The van der Waals surface area contributed by atoms with E-state index in [0.717, 1.165) is 22.8 Å². The highest BCUT2D eigenvalue weighted by atomic mass is 16.2. The van der Waals surface area contributed by atoms with Crippen molar-refractivity contribution in [3.8, 4) is 0 Å². The van der Waals surface area contributed by atoms with Gasteiger partial charge >= 0.3 is 0 Å². The summed E-state index contributed by atoms with van der Waals surface area (Å²) in [5, 5.41) is 2.07. The van der Waals surface area contributed by atoms with E-state index in [1.165, 1.54) is 0 Å². The summed E-state index contributed by atoms with van der Waals surface area (Å²) in [4.78, 5) is 28.9. The van der Waals surface area contributed by atoms with Crippen molar-refractivity contribution < 1.29 is 9.59 Å². The number of rotatable bonds is 3. The third-order valence-electron chi connectivity index (χ3n) is 4.93. The predicted molar refractivity (Wildman–Crippen MR) is 95.9 cm³/mol. The molecule has 1 heterocycles. The highest BCUT2D eigenvalue weighted by Gasteiger charge is 2.27. The van der Waals surface area contributed by atoms with Gasteiger partial charge in [0.1, 0.15) is 0 Å².